The predicted molar refractivity (Wildman–Crippen MR) is 157 cm³/mol. The van der Waals surface area contributed by atoms with E-state index >= 15 is 0 Å². The van der Waals surface area contributed by atoms with Crippen LogP contribution in [-0.4, -0.2) is 42.1 Å². The molecule has 0 aliphatic carbocycles. The molecule has 3 amide bonds. The van der Waals surface area contributed by atoms with Crippen LogP contribution in [0.1, 0.15) is 31.8 Å². The van der Waals surface area contributed by atoms with Crippen LogP contribution in [0.4, 0.5) is 16.2 Å². The van der Waals surface area contributed by atoms with Gasteiger partial charge in [-0.25, -0.2) is 4.79 Å². The normalized spacial score (nSPS) is 12.2. The van der Waals surface area contributed by atoms with Gasteiger partial charge in [0.2, 0.25) is 0 Å². The number of carboxylic acid groups (broad SMARTS) is 1. The second-order valence-corrected chi connectivity index (χ2v) is 10.7. The Hall–Kier alpha value is -4.35. The average Bonchev–Trinajstić information content (AvgIpc) is 3.59. The van der Waals surface area contributed by atoms with E-state index in [4.69, 9.17) is 9.47 Å². The van der Waals surface area contributed by atoms with Crippen molar-refractivity contribution in [2.24, 2.45) is 0 Å². The summed E-state index contributed by atoms with van der Waals surface area (Å²) in [7, 11) is 3.07. The summed E-state index contributed by atoms with van der Waals surface area (Å²) in [5, 5.41) is 16.3. The average molecular weight is 622 g/mol. The Bertz CT molecular complexity index is 1610. The van der Waals surface area contributed by atoms with Crippen LogP contribution in [0, 0.1) is 0 Å². The number of nitrogens with one attached hydrogen (secondary N) is 2. The Morgan fingerprint density at radius 3 is 2.45 bits per heavy atom. The number of anilines is 2. The third-order valence-corrected chi connectivity index (χ3v) is 8.24. The number of methoxy groups -OCH3 is 2. The summed E-state index contributed by atoms with van der Waals surface area (Å²) < 4.78 is 11.5. The van der Waals surface area contributed by atoms with Crippen molar-refractivity contribution < 1.29 is 29.0 Å². The van der Waals surface area contributed by atoms with Gasteiger partial charge in [-0.3, -0.25) is 14.9 Å². The van der Waals surface area contributed by atoms with Gasteiger partial charge in [0.05, 0.1) is 30.1 Å². The van der Waals surface area contributed by atoms with E-state index in [0.717, 1.165) is 21.6 Å². The van der Waals surface area contributed by atoms with Crippen LogP contribution in [0.2, 0.25) is 0 Å². The minimum Gasteiger partial charge on any atom is -0.493 e. The molecule has 9 nitrogen and oxygen atoms in total. The van der Waals surface area contributed by atoms with Gasteiger partial charge in [-0.15, -0.1) is 11.3 Å². The maximum atomic E-state index is 13.1. The van der Waals surface area contributed by atoms with Gasteiger partial charge in [-0.05, 0) is 68.8 Å². The maximum Gasteiger partial charge on any atom is 0.409 e. The standard InChI is InChI=1S/C29H24BrN3O6S/c1-38-23-13-19-20(25(30)26(23)39-2)15-33(28(19)35)14-16-5-7-17(8-6-16)27(34)31-22-12-18(24-4-3-11-40-24)9-10-21(22)32-29(36)37/h3-13,32H,14-15H2,1-2H3,(H,31,34)(H,36,37). The van der Waals surface area contributed by atoms with Crippen molar-refractivity contribution in [3.05, 3.63) is 92.8 Å². The number of carbonyl (C=O) groups is 3. The van der Waals surface area contributed by atoms with Gasteiger partial charge in [-0.2, -0.15) is 0 Å². The molecule has 204 valence electrons. The number of nitrogens with zero attached hydrogens (tertiary/aromatic N) is 1. The van der Waals surface area contributed by atoms with E-state index < -0.39 is 12.0 Å². The molecule has 3 N–H and O–H groups in total. The van der Waals surface area contributed by atoms with Crippen molar-refractivity contribution in [2.45, 2.75) is 13.1 Å². The zero-order chi connectivity index (χ0) is 28.4. The summed E-state index contributed by atoms with van der Waals surface area (Å²) in [5.41, 5.74) is 4.09. The second kappa shape index (κ2) is 11.4. The maximum absolute atomic E-state index is 13.1. The van der Waals surface area contributed by atoms with Crippen molar-refractivity contribution >= 4 is 56.5 Å². The molecule has 5 rings (SSSR count). The van der Waals surface area contributed by atoms with E-state index in [2.05, 4.69) is 26.6 Å². The molecule has 1 aliphatic rings. The summed E-state index contributed by atoms with van der Waals surface area (Å²) in [5.74, 6) is 0.494. The number of thiophene rings is 1. The Balaban J connectivity index is 1.31. The summed E-state index contributed by atoms with van der Waals surface area (Å²) in [4.78, 5) is 40.2. The first kappa shape index (κ1) is 27.2. The van der Waals surface area contributed by atoms with Gasteiger partial charge in [0.25, 0.3) is 11.8 Å². The molecule has 0 spiro atoms. The molecule has 0 saturated carbocycles. The lowest BCUT2D eigenvalue weighted by Gasteiger charge is -2.16. The van der Waals surface area contributed by atoms with Crippen molar-refractivity contribution in [3.8, 4) is 21.9 Å². The van der Waals surface area contributed by atoms with Crippen molar-refractivity contribution in [1.29, 1.82) is 0 Å². The highest BCUT2D eigenvalue weighted by atomic mass is 79.9. The van der Waals surface area contributed by atoms with Crippen LogP contribution in [0.25, 0.3) is 10.4 Å². The number of amides is 3. The number of fused-ring (bicyclic) bond motifs is 1. The van der Waals surface area contributed by atoms with Crippen LogP contribution in [0.5, 0.6) is 11.5 Å². The monoisotopic (exact) mass is 621 g/mol. The molecule has 0 bridgehead atoms. The Morgan fingerprint density at radius 2 is 1.80 bits per heavy atom. The summed E-state index contributed by atoms with van der Waals surface area (Å²) in [6, 6.07) is 17.6. The predicted octanol–water partition coefficient (Wildman–Crippen LogP) is 6.69. The first-order chi connectivity index (χ1) is 19.3. The molecule has 0 unspecified atom stereocenters. The molecule has 40 heavy (non-hydrogen) atoms. The highest BCUT2D eigenvalue weighted by Gasteiger charge is 2.32. The highest BCUT2D eigenvalue weighted by molar-refractivity contribution is 9.10. The fourth-order valence-corrected chi connectivity index (χ4v) is 5.96. The first-order valence-electron chi connectivity index (χ1n) is 12.1. The van der Waals surface area contributed by atoms with Gasteiger partial charge < -0.3 is 24.8 Å². The van der Waals surface area contributed by atoms with Crippen LogP contribution in [0.15, 0.2) is 70.5 Å². The number of carbonyl (C=O) groups excluding carboxylic acids is 2. The van der Waals surface area contributed by atoms with Crippen LogP contribution in [-0.2, 0) is 13.1 Å². The van der Waals surface area contributed by atoms with E-state index in [9.17, 15) is 19.5 Å². The number of benzene rings is 3. The van der Waals surface area contributed by atoms with Gasteiger partial charge in [0, 0.05) is 34.7 Å². The van der Waals surface area contributed by atoms with Crippen LogP contribution < -0.4 is 20.1 Å². The lowest BCUT2D eigenvalue weighted by molar-refractivity contribution is 0.0766. The Morgan fingerprint density at radius 1 is 1.02 bits per heavy atom. The largest absolute Gasteiger partial charge is 0.493 e. The second-order valence-electron chi connectivity index (χ2n) is 8.93. The minimum absolute atomic E-state index is 0.123. The molecule has 1 aliphatic heterocycles. The van der Waals surface area contributed by atoms with E-state index in [-0.39, 0.29) is 11.6 Å². The lowest BCUT2D eigenvalue weighted by atomic mass is 10.1. The molecule has 0 fully saturated rings. The topological polar surface area (TPSA) is 117 Å². The number of hydrogen-bond acceptors (Lipinski definition) is 6. The van der Waals surface area contributed by atoms with E-state index in [0.29, 0.717) is 45.9 Å². The molecule has 3 aromatic carbocycles. The number of ether oxygens (including phenoxy) is 2. The number of rotatable bonds is 8. The molecule has 0 radical (unpaired) electrons. The zero-order valence-corrected chi connectivity index (χ0v) is 23.9. The quantitative estimate of drug-likeness (QED) is 0.202. The minimum atomic E-state index is -1.23. The zero-order valence-electron chi connectivity index (χ0n) is 21.5. The van der Waals surface area contributed by atoms with E-state index in [1.807, 2.05) is 17.5 Å². The van der Waals surface area contributed by atoms with Crippen molar-refractivity contribution in [3.63, 3.8) is 0 Å². The first-order valence-corrected chi connectivity index (χ1v) is 13.8. The molecule has 1 aromatic heterocycles. The molecular weight excluding hydrogens is 598 g/mol. The van der Waals surface area contributed by atoms with E-state index in [1.54, 1.807) is 71.9 Å². The highest BCUT2D eigenvalue weighted by Crippen LogP contribution is 2.43. The summed E-state index contributed by atoms with van der Waals surface area (Å²) in [6.45, 7) is 0.749. The van der Waals surface area contributed by atoms with Crippen molar-refractivity contribution in [2.75, 3.05) is 24.9 Å². The Labute approximate surface area is 242 Å². The summed E-state index contributed by atoms with van der Waals surface area (Å²) >= 11 is 5.09. The van der Waals surface area contributed by atoms with E-state index in [1.165, 1.54) is 7.11 Å². The number of halogens is 1. The fraction of sp³-hybridized carbons (Fsp3) is 0.138. The van der Waals surface area contributed by atoms with Gasteiger partial charge in [-0.1, -0.05) is 24.3 Å². The van der Waals surface area contributed by atoms with Crippen LogP contribution in [0.3, 0.4) is 0 Å². The molecule has 0 saturated heterocycles. The van der Waals surface area contributed by atoms with Gasteiger partial charge in [0.1, 0.15) is 0 Å². The molecular formula is C29H24BrN3O6S. The molecule has 2 heterocycles. The molecule has 4 aromatic rings. The fourth-order valence-electron chi connectivity index (χ4n) is 4.54. The molecule has 0 atom stereocenters. The third-order valence-electron chi connectivity index (χ3n) is 6.48. The smallest absolute Gasteiger partial charge is 0.409 e. The van der Waals surface area contributed by atoms with Gasteiger partial charge in [0.15, 0.2) is 11.5 Å². The SMILES string of the molecule is COc1cc2c(c(Br)c1OC)CN(Cc1ccc(C(=O)Nc3cc(-c4cccs4)ccc3NC(=O)O)cc1)C2=O. The third kappa shape index (κ3) is 5.38. The summed E-state index contributed by atoms with van der Waals surface area (Å²) in [6.07, 6.45) is -1.23. The molecule has 11 heteroatoms. The Kier molecular flexibility index (Phi) is 7.76. The van der Waals surface area contributed by atoms with Crippen LogP contribution >= 0.6 is 27.3 Å². The van der Waals surface area contributed by atoms with Gasteiger partial charge >= 0.3 is 6.09 Å². The van der Waals surface area contributed by atoms with Crippen molar-refractivity contribution in [1.82, 2.24) is 4.90 Å². The number of hydrogen-bond donors (Lipinski definition) is 3. The lowest BCUT2D eigenvalue weighted by Crippen LogP contribution is -2.23.